The highest BCUT2D eigenvalue weighted by Gasteiger charge is 2.28. The lowest BCUT2D eigenvalue weighted by molar-refractivity contribution is 0.0999. The molecule has 5 rings (SSSR count). The number of fused-ring (bicyclic) bond motifs is 2. The van der Waals surface area contributed by atoms with E-state index in [1.165, 1.54) is 35.9 Å². The fourth-order valence-electron chi connectivity index (χ4n) is 4.53. The van der Waals surface area contributed by atoms with E-state index in [1.807, 2.05) is 18.2 Å². The van der Waals surface area contributed by atoms with Crippen molar-refractivity contribution in [3.8, 4) is 11.5 Å². The van der Waals surface area contributed by atoms with Gasteiger partial charge in [-0.3, -0.25) is 4.79 Å². The zero-order valence-corrected chi connectivity index (χ0v) is 19.9. The van der Waals surface area contributed by atoms with E-state index in [0.29, 0.717) is 11.5 Å². The molecule has 180 valence electrons. The van der Waals surface area contributed by atoms with E-state index < -0.39 is 11.7 Å². The summed E-state index contributed by atoms with van der Waals surface area (Å²) in [7, 11) is 1.68. The minimum atomic E-state index is -0.587. The molecule has 1 aromatic heterocycles. The Balaban J connectivity index is 0.00000274. The maximum atomic E-state index is 14.3. The number of H-pyrrole nitrogens is 1. The lowest BCUT2D eigenvalue weighted by atomic mass is 10.0. The highest BCUT2D eigenvalue weighted by Crippen LogP contribution is 2.36. The minimum absolute atomic E-state index is 0. The van der Waals surface area contributed by atoms with Crippen LogP contribution in [0.1, 0.15) is 40.7 Å². The van der Waals surface area contributed by atoms with Crippen LogP contribution < -0.4 is 15.2 Å². The number of carbonyl (C=O) groups excluding carboxylic acids is 1. The molecule has 2 heterocycles. The van der Waals surface area contributed by atoms with Crippen molar-refractivity contribution in [2.45, 2.75) is 25.7 Å². The van der Waals surface area contributed by atoms with Crippen LogP contribution in [0.25, 0.3) is 17.0 Å². The van der Waals surface area contributed by atoms with E-state index in [-0.39, 0.29) is 30.3 Å². The number of hydrogen-bond donors (Lipinski definition) is 2. The number of nitrogens with zero attached hydrogens (tertiary/aromatic N) is 1. The smallest absolute Gasteiger partial charge is 0.249 e. The molecule has 2 aliphatic rings. The number of aryl methyl sites for hydroxylation is 1. The Labute approximate surface area is 204 Å². The van der Waals surface area contributed by atoms with Gasteiger partial charge in [0.15, 0.2) is 11.6 Å². The number of halogens is 2. The molecule has 1 fully saturated rings. The van der Waals surface area contributed by atoms with Crippen molar-refractivity contribution >= 4 is 35.3 Å². The summed E-state index contributed by atoms with van der Waals surface area (Å²) in [4.78, 5) is 17.6. The van der Waals surface area contributed by atoms with E-state index in [9.17, 15) is 9.18 Å². The number of nitrogens with one attached hydrogen (secondary N) is 1. The van der Waals surface area contributed by atoms with Gasteiger partial charge in [-0.15, -0.1) is 12.4 Å². The van der Waals surface area contributed by atoms with Gasteiger partial charge in [-0.25, -0.2) is 4.39 Å². The fourth-order valence-corrected chi connectivity index (χ4v) is 4.53. The van der Waals surface area contributed by atoms with E-state index in [4.69, 9.17) is 15.2 Å². The second-order valence-electron chi connectivity index (χ2n) is 8.84. The van der Waals surface area contributed by atoms with Crippen LogP contribution in [0.15, 0.2) is 42.2 Å². The topological polar surface area (TPSA) is 80.6 Å². The average Bonchev–Trinajstić information content (AvgIpc) is 3.56. The van der Waals surface area contributed by atoms with Crippen molar-refractivity contribution in [2.75, 3.05) is 26.8 Å². The molecule has 3 aromatic rings. The van der Waals surface area contributed by atoms with Gasteiger partial charge in [-0.05, 0) is 73.6 Å². The third kappa shape index (κ3) is 4.85. The second kappa shape index (κ2) is 9.97. The number of hydrogen-bond acceptors (Lipinski definition) is 4. The number of aromatic nitrogens is 1. The quantitative estimate of drug-likeness (QED) is 0.451. The molecule has 1 aliphatic heterocycles. The predicted molar refractivity (Wildman–Crippen MR) is 133 cm³/mol. The zero-order valence-electron chi connectivity index (χ0n) is 19.1. The lowest BCUT2D eigenvalue weighted by Crippen LogP contribution is -2.31. The Morgan fingerprint density at radius 2 is 2.12 bits per heavy atom. The van der Waals surface area contributed by atoms with Crippen molar-refractivity contribution in [3.05, 3.63) is 64.7 Å². The van der Waals surface area contributed by atoms with Crippen LogP contribution in [0.5, 0.6) is 11.5 Å². The summed E-state index contributed by atoms with van der Waals surface area (Å²) in [5, 5.41) is 1.18. The van der Waals surface area contributed by atoms with Crippen LogP contribution in [0.3, 0.4) is 0 Å². The van der Waals surface area contributed by atoms with Crippen LogP contribution in [0, 0.1) is 11.7 Å². The zero-order chi connectivity index (χ0) is 22.9. The molecule has 2 aromatic carbocycles. The molecule has 34 heavy (non-hydrogen) atoms. The molecule has 0 bridgehead atoms. The van der Waals surface area contributed by atoms with Gasteiger partial charge in [0.2, 0.25) is 5.91 Å². The lowest BCUT2D eigenvalue weighted by Gasteiger charge is -2.31. The summed E-state index contributed by atoms with van der Waals surface area (Å²) in [6, 6.07) is 8.72. The molecule has 3 N–H and O–H groups in total. The number of benzene rings is 2. The van der Waals surface area contributed by atoms with E-state index in [0.717, 1.165) is 42.9 Å². The molecule has 0 atom stereocenters. The van der Waals surface area contributed by atoms with Gasteiger partial charge in [0.1, 0.15) is 12.4 Å². The SMILES string of the molecule is COc1ccc2[nH]cc(CCCN(CC3CC3)C3=Cc4c(C(N)=O)ccc(F)c4OC3)c2c1.Cl. The molecule has 0 saturated heterocycles. The summed E-state index contributed by atoms with van der Waals surface area (Å²) in [5.74, 6) is 0.561. The molecule has 8 heteroatoms. The van der Waals surface area contributed by atoms with Gasteiger partial charge < -0.3 is 25.1 Å². The van der Waals surface area contributed by atoms with Gasteiger partial charge >= 0.3 is 0 Å². The molecule has 1 saturated carbocycles. The summed E-state index contributed by atoms with van der Waals surface area (Å²) in [6.45, 7) is 2.06. The van der Waals surface area contributed by atoms with E-state index in [2.05, 4.69) is 22.1 Å². The Hall–Kier alpha value is -3.19. The van der Waals surface area contributed by atoms with Gasteiger partial charge in [-0.1, -0.05) is 0 Å². The molecule has 0 spiro atoms. The molecule has 1 aliphatic carbocycles. The molecule has 6 nitrogen and oxygen atoms in total. The highest BCUT2D eigenvalue weighted by atomic mass is 35.5. The van der Waals surface area contributed by atoms with Crippen molar-refractivity contribution in [1.82, 2.24) is 9.88 Å². The van der Waals surface area contributed by atoms with E-state index >= 15 is 0 Å². The average molecular weight is 486 g/mol. The van der Waals surface area contributed by atoms with Gasteiger partial charge in [-0.2, -0.15) is 0 Å². The summed E-state index contributed by atoms with van der Waals surface area (Å²) in [5.41, 5.74) is 9.56. The number of aromatic amines is 1. The first-order valence-corrected chi connectivity index (χ1v) is 11.4. The Bertz CT molecular complexity index is 1240. The largest absolute Gasteiger partial charge is 0.497 e. The number of nitrogens with two attached hydrogens (primary N) is 1. The van der Waals surface area contributed by atoms with Crippen LogP contribution in [-0.4, -0.2) is 42.6 Å². The minimum Gasteiger partial charge on any atom is -0.497 e. The van der Waals surface area contributed by atoms with Gasteiger partial charge in [0, 0.05) is 35.8 Å². The van der Waals surface area contributed by atoms with Crippen LogP contribution in [0.4, 0.5) is 4.39 Å². The molecule has 0 unspecified atom stereocenters. The molecular formula is C26H29ClFN3O3. The first-order chi connectivity index (χ1) is 16.0. The van der Waals surface area contributed by atoms with Crippen molar-refractivity contribution < 1.29 is 18.7 Å². The normalized spacial score (nSPS) is 14.6. The Morgan fingerprint density at radius 3 is 2.85 bits per heavy atom. The Morgan fingerprint density at radius 1 is 1.29 bits per heavy atom. The standard InChI is InChI=1S/C26H28FN3O3.ClH/c1-32-19-6-9-24-21(12-19)17(13-29-24)3-2-10-30(14-16-4-5-16)18-11-22-20(26(28)31)7-8-23(27)25(22)33-15-18;/h6-9,11-13,16,29H,2-5,10,14-15H2,1H3,(H2,28,31);1H. The van der Waals surface area contributed by atoms with Crippen LogP contribution in [-0.2, 0) is 6.42 Å². The molecular weight excluding hydrogens is 457 g/mol. The van der Waals surface area contributed by atoms with Crippen molar-refractivity contribution in [1.29, 1.82) is 0 Å². The van der Waals surface area contributed by atoms with Crippen molar-refractivity contribution in [3.63, 3.8) is 0 Å². The van der Waals surface area contributed by atoms with Crippen molar-refractivity contribution in [2.24, 2.45) is 11.7 Å². The maximum absolute atomic E-state index is 14.3. The van der Waals surface area contributed by atoms with Gasteiger partial charge in [0.25, 0.3) is 0 Å². The van der Waals surface area contributed by atoms with Crippen LogP contribution >= 0.6 is 12.4 Å². The third-order valence-corrected chi connectivity index (χ3v) is 6.52. The number of amides is 1. The summed E-state index contributed by atoms with van der Waals surface area (Å²) < 4.78 is 25.4. The number of methoxy groups -OCH3 is 1. The summed E-state index contributed by atoms with van der Waals surface area (Å²) in [6.07, 6.45) is 8.26. The third-order valence-electron chi connectivity index (χ3n) is 6.52. The highest BCUT2D eigenvalue weighted by molar-refractivity contribution is 5.98. The number of primary amides is 1. The predicted octanol–water partition coefficient (Wildman–Crippen LogP) is 4.91. The first-order valence-electron chi connectivity index (χ1n) is 11.4. The maximum Gasteiger partial charge on any atom is 0.249 e. The molecule has 1 amide bonds. The fraction of sp³-hybridized carbons (Fsp3) is 0.346. The number of ether oxygens (including phenoxy) is 2. The molecule has 0 radical (unpaired) electrons. The summed E-state index contributed by atoms with van der Waals surface area (Å²) >= 11 is 0. The number of carbonyl (C=O) groups is 1. The van der Waals surface area contributed by atoms with Crippen LogP contribution in [0.2, 0.25) is 0 Å². The Kier molecular flexibility index (Phi) is 7.03. The van der Waals surface area contributed by atoms with E-state index in [1.54, 1.807) is 7.11 Å². The number of rotatable bonds is 9. The second-order valence-corrected chi connectivity index (χ2v) is 8.84. The first kappa shape index (κ1) is 24.0. The monoisotopic (exact) mass is 485 g/mol. The van der Waals surface area contributed by atoms with Gasteiger partial charge in [0.05, 0.1) is 18.4 Å².